The number of para-hydroxylation sites is 1. The summed E-state index contributed by atoms with van der Waals surface area (Å²) in [5, 5.41) is 0. The quantitative estimate of drug-likeness (QED) is 0.695. The molecule has 0 spiro atoms. The second-order valence-electron chi connectivity index (χ2n) is 7.17. The van der Waals surface area contributed by atoms with Crippen LogP contribution in [0, 0.1) is 0 Å². The van der Waals surface area contributed by atoms with E-state index in [1.807, 2.05) is 41.3 Å². The number of amides is 1. The van der Waals surface area contributed by atoms with Gasteiger partial charge in [-0.1, -0.05) is 32.0 Å². The van der Waals surface area contributed by atoms with E-state index in [0.29, 0.717) is 0 Å². The van der Waals surface area contributed by atoms with Gasteiger partial charge in [0.15, 0.2) is 6.61 Å². The number of ether oxygens (including phenoxy) is 2. The van der Waals surface area contributed by atoms with E-state index in [1.54, 1.807) is 7.11 Å². The van der Waals surface area contributed by atoms with Gasteiger partial charge in [-0.25, -0.2) is 0 Å². The first kappa shape index (κ1) is 20.2. The molecule has 0 N–H and O–H groups in total. The standard InChI is InChI=1S/C23H30N2O3/c1-5-24(6-2)15-19-14-20(27-4)11-12-22(19)28-16-23(26)25-17(3)13-18-9-7-8-10-21(18)25/h7-12,14,17H,5-6,13,15-16H2,1-4H3/t17-/m1/s1. The Hall–Kier alpha value is -2.53. The highest BCUT2D eigenvalue weighted by Gasteiger charge is 2.30. The summed E-state index contributed by atoms with van der Waals surface area (Å²) < 4.78 is 11.4. The van der Waals surface area contributed by atoms with Crippen LogP contribution >= 0.6 is 0 Å². The summed E-state index contributed by atoms with van der Waals surface area (Å²) in [4.78, 5) is 17.1. The van der Waals surface area contributed by atoms with Crippen molar-refractivity contribution in [3.05, 3.63) is 53.6 Å². The number of rotatable bonds is 8. The number of carbonyl (C=O) groups excluding carboxylic acids is 1. The van der Waals surface area contributed by atoms with Crippen molar-refractivity contribution < 1.29 is 14.3 Å². The van der Waals surface area contributed by atoms with Crippen molar-refractivity contribution >= 4 is 11.6 Å². The first-order valence-electron chi connectivity index (χ1n) is 9.99. The summed E-state index contributed by atoms with van der Waals surface area (Å²) in [5.74, 6) is 1.52. The third-order valence-electron chi connectivity index (χ3n) is 5.38. The van der Waals surface area contributed by atoms with Gasteiger partial charge in [-0.05, 0) is 56.3 Å². The summed E-state index contributed by atoms with van der Waals surface area (Å²) >= 11 is 0. The summed E-state index contributed by atoms with van der Waals surface area (Å²) in [7, 11) is 1.66. The molecule has 0 unspecified atom stereocenters. The van der Waals surface area contributed by atoms with Gasteiger partial charge in [-0.2, -0.15) is 0 Å². The Labute approximate surface area is 167 Å². The summed E-state index contributed by atoms with van der Waals surface area (Å²) in [6.45, 7) is 9.05. The molecule has 2 aromatic rings. The van der Waals surface area contributed by atoms with E-state index >= 15 is 0 Å². The molecule has 5 heteroatoms. The predicted molar refractivity (Wildman–Crippen MR) is 112 cm³/mol. The third kappa shape index (κ3) is 4.30. The molecule has 0 fully saturated rings. The zero-order chi connectivity index (χ0) is 20.1. The average Bonchev–Trinajstić information content (AvgIpc) is 3.06. The molecule has 0 saturated heterocycles. The highest BCUT2D eigenvalue weighted by molar-refractivity contribution is 5.97. The summed E-state index contributed by atoms with van der Waals surface area (Å²) in [6, 6.07) is 14.0. The third-order valence-corrected chi connectivity index (χ3v) is 5.38. The Morgan fingerprint density at radius 1 is 1.18 bits per heavy atom. The van der Waals surface area contributed by atoms with E-state index in [0.717, 1.165) is 48.8 Å². The molecule has 0 saturated carbocycles. The van der Waals surface area contributed by atoms with Crippen molar-refractivity contribution in [1.29, 1.82) is 0 Å². The number of hydrogen-bond donors (Lipinski definition) is 0. The van der Waals surface area contributed by atoms with E-state index in [-0.39, 0.29) is 18.6 Å². The SMILES string of the molecule is CCN(CC)Cc1cc(OC)ccc1OCC(=O)N1c2ccccc2C[C@H]1C. The molecule has 1 amide bonds. The Balaban J connectivity index is 1.74. The summed E-state index contributed by atoms with van der Waals surface area (Å²) in [5.41, 5.74) is 3.25. The molecule has 28 heavy (non-hydrogen) atoms. The molecular formula is C23H30N2O3. The number of methoxy groups -OCH3 is 1. The molecule has 1 atom stereocenters. The number of anilines is 1. The highest BCUT2D eigenvalue weighted by atomic mass is 16.5. The minimum Gasteiger partial charge on any atom is -0.497 e. The molecule has 1 aliphatic rings. The number of hydrogen-bond acceptors (Lipinski definition) is 4. The molecule has 150 valence electrons. The number of fused-ring (bicyclic) bond motifs is 1. The van der Waals surface area contributed by atoms with Gasteiger partial charge >= 0.3 is 0 Å². The van der Waals surface area contributed by atoms with Crippen LogP contribution in [0.4, 0.5) is 5.69 Å². The van der Waals surface area contributed by atoms with Gasteiger partial charge in [0.2, 0.25) is 0 Å². The minimum absolute atomic E-state index is 0.0120. The minimum atomic E-state index is -0.0120. The Kier molecular flexibility index (Phi) is 6.57. The Morgan fingerprint density at radius 3 is 2.64 bits per heavy atom. The van der Waals surface area contributed by atoms with Gasteiger partial charge in [0, 0.05) is 23.8 Å². The number of carbonyl (C=O) groups is 1. The first-order chi connectivity index (χ1) is 13.6. The van der Waals surface area contributed by atoms with Crippen LogP contribution in [0.3, 0.4) is 0 Å². The molecule has 0 radical (unpaired) electrons. The lowest BCUT2D eigenvalue weighted by Crippen LogP contribution is -2.39. The Bertz CT molecular complexity index is 817. The van der Waals surface area contributed by atoms with Crippen LogP contribution < -0.4 is 14.4 Å². The maximum atomic E-state index is 12.9. The van der Waals surface area contributed by atoms with Crippen LogP contribution in [0.15, 0.2) is 42.5 Å². The van der Waals surface area contributed by atoms with Gasteiger partial charge in [-0.15, -0.1) is 0 Å². The van der Waals surface area contributed by atoms with Crippen molar-refractivity contribution in [2.24, 2.45) is 0 Å². The highest BCUT2D eigenvalue weighted by Crippen LogP contribution is 2.32. The fraction of sp³-hybridized carbons (Fsp3) is 0.435. The first-order valence-corrected chi connectivity index (χ1v) is 9.99. The molecule has 5 nitrogen and oxygen atoms in total. The van der Waals surface area contributed by atoms with Crippen LogP contribution in [0.2, 0.25) is 0 Å². The van der Waals surface area contributed by atoms with Gasteiger partial charge in [0.25, 0.3) is 5.91 Å². The molecule has 1 heterocycles. The lowest BCUT2D eigenvalue weighted by Gasteiger charge is -2.24. The van der Waals surface area contributed by atoms with Crippen molar-refractivity contribution in [2.45, 2.75) is 39.8 Å². The fourth-order valence-electron chi connectivity index (χ4n) is 3.79. The smallest absolute Gasteiger partial charge is 0.265 e. The molecular weight excluding hydrogens is 352 g/mol. The fourth-order valence-corrected chi connectivity index (χ4v) is 3.79. The lowest BCUT2D eigenvalue weighted by molar-refractivity contribution is -0.120. The van der Waals surface area contributed by atoms with E-state index in [4.69, 9.17) is 9.47 Å². The van der Waals surface area contributed by atoms with Crippen molar-refractivity contribution in [3.63, 3.8) is 0 Å². The van der Waals surface area contributed by atoms with E-state index in [2.05, 4.69) is 31.7 Å². The van der Waals surface area contributed by atoms with Crippen LogP contribution in [0.5, 0.6) is 11.5 Å². The monoisotopic (exact) mass is 382 g/mol. The normalized spacial score (nSPS) is 15.6. The maximum Gasteiger partial charge on any atom is 0.265 e. The molecule has 0 aromatic heterocycles. The lowest BCUT2D eigenvalue weighted by atomic mass is 10.1. The average molecular weight is 383 g/mol. The second-order valence-corrected chi connectivity index (χ2v) is 7.17. The van der Waals surface area contributed by atoms with Crippen LogP contribution in [-0.2, 0) is 17.8 Å². The van der Waals surface area contributed by atoms with Crippen molar-refractivity contribution in [1.82, 2.24) is 4.90 Å². The topological polar surface area (TPSA) is 42.0 Å². The molecule has 0 aliphatic carbocycles. The number of nitrogens with zero attached hydrogens (tertiary/aromatic N) is 2. The van der Waals surface area contributed by atoms with Crippen LogP contribution in [-0.4, -0.2) is 43.7 Å². The predicted octanol–water partition coefficient (Wildman–Crippen LogP) is 3.89. The zero-order valence-corrected chi connectivity index (χ0v) is 17.3. The van der Waals surface area contributed by atoms with E-state index in [9.17, 15) is 4.79 Å². The zero-order valence-electron chi connectivity index (χ0n) is 17.3. The van der Waals surface area contributed by atoms with Gasteiger partial charge in [0.1, 0.15) is 11.5 Å². The molecule has 2 aromatic carbocycles. The van der Waals surface area contributed by atoms with E-state index < -0.39 is 0 Å². The van der Waals surface area contributed by atoms with E-state index in [1.165, 1.54) is 5.56 Å². The Morgan fingerprint density at radius 2 is 1.93 bits per heavy atom. The van der Waals surface area contributed by atoms with Crippen molar-refractivity contribution in [3.8, 4) is 11.5 Å². The maximum absolute atomic E-state index is 12.9. The van der Waals surface area contributed by atoms with Crippen LogP contribution in [0.1, 0.15) is 31.9 Å². The second kappa shape index (κ2) is 9.11. The molecule has 0 bridgehead atoms. The largest absolute Gasteiger partial charge is 0.497 e. The van der Waals surface area contributed by atoms with Crippen LogP contribution in [0.25, 0.3) is 0 Å². The van der Waals surface area contributed by atoms with Crippen molar-refractivity contribution in [2.75, 3.05) is 31.7 Å². The molecule has 1 aliphatic heterocycles. The van der Waals surface area contributed by atoms with Gasteiger partial charge in [-0.3, -0.25) is 9.69 Å². The molecule has 3 rings (SSSR count). The number of benzene rings is 2. The van der Waals surface area contributed by atoms with Gasteiger partial charge < -0.3 is 14.4 Å². The summed E-state index contributed by atoms with van der Waals surface area (Å²) in [6.07, 6.45) is 0.887. The van der Waals surface area contributed by atoms with Gasteiger partial charge in [0.05, 0.1) is 7.11 Å².